The Kier molecular flexibility index (Phi) is 7.38. The lowest BCUT2D eigenvalue weighted by Gasteiger charge is -2.28. The minimum Gasteiger partial charge on any atom is -0.384 e. The van der Waals surface area contributed by atoms with E-state index < -0.39 is 5.60 Å². The molecule has 0 amide bonds. The average molecular weight is 532 g/mol. The van der Waals surface area contributed by atoms with Crippen LogP contribution in [0.3, 0.4) is 0 Å². The van der Waals surface area contributed by atoms with E-state index in [4.69, 9.17) is 4.98 Å². The molecule has 3 aromatic heterocycles. The van der Waals surface area contributed by atoms with Crippen molar-refractivity contribution in [1.29, 1.82) is 0 Å². The molecule has 0 bridgehead atoms. The third-order valence-electron chi connectivity index (χ3n) is 7.10. The molecule has 0 spiro atoms. The second kappa shape index (κ2) is 10.7. The Labute approximate surface area is 227 Å². The van der Waals surface area contributed by atoms with Gasteiger partial charge in [0, 0.05) is 17.9 Å². The molecule has 0 atom stereocenters. The zero-order chi connectivity index (χ0) is 26.9. The van der Waals surface area contributed by atoms with Crippen LogP contribution in [0.4, 0.5) is 11.6 Å². The van der Waals surface area contributed by atoms with Crippen LogP contribution in [-0.2, 0) is 12.1 Å². The van der Waals surface area contributed by atoms with Crippen molar-refractivity contribution in [3.63, 3.8) is 0 Å². The molecule has 1 saturated carbocycles. The minimum atomic E-state index is -1.14. The molecule has 1 fully saturated rings. The highest BCUT2D eigenvalue weighted by Crippen LogP contribution is 2.33. The zero-order valence-corrected chi connectivity index (χ0v) is 22.5. The molecular formula is C28H33N7O2S. The van der Waals surface area contributed by atoms with E-state index in [0.717, 1.165) is 31.4 Å². The van der Waals surface area contributed by atoms with Gasteiger partial charge in [-0.05, 0) is 75.3 Å². The van der Waals surface area contributed by atoms with Gasteiger partial charge in [0.15, 0.2) is 11.5 Å². The number of benzene rings is 1. The first-order valence-corrected chi connectivity index (χ1v) is 13.3. The number of hydrogen-bond acceptors (Lipinski definition) is 8. The molecule has 3 heterocycles. The van der Waals surface area contributed by atoms with Crippen LogP contribution < -0.4 is 15.6 Å². The van der Waals surface area contributed by atoms with E-state index in [-0.39, 0.29) is 12.1 Å². The number of pyridine rings is 1. The first-order chi connectivity index (χ1) is 18.3. The highest BCUT2D eigenvalue weighted by molar-refractivity contribution is 7.78. The van der Waals surface area contributed by atoms with E-state index in [1.165, 1.54) is 16.4 Å². The van der Waals surface area contributed by atoms with Gasteiger partial charge >= 0.3 is 0 Å². The number of aliphatic hydroxyl groups is 1. The summed E-state index contributed by atoms with van der Waals surface area (Å²) in [5.74, 6) is 1.39. The quantitative estimate of drug-likeness (QED) is 0.194. The summed E-state index contributed by atoms with van der Waals surface area (Å²) in [5, 5.41) is 14.1. The number of hydrogen-bond donors (Lipinski definition) is 4. The fourth-order valence-electron chi connectivity index (χ4n) is 5.01. The second-order valence-corrected chi connectivity index (χ2v) is 10.5. The fraction of sp³-hybridized carbons (Fsp3) is 0.357. The molecular weight excluding hydrogens is 498 g/mol. The predicted octanol–water partition coefficient (Wildman–Crippen LogP) is 4.59. The monoisotopic (exact) mass is 531 g/mol. The van der Waals surface area contributed by atoms with Crippen LogP contribution >= 0.6 is 12.8 Å². The van der Waals surface area contributed by atoms with E-state index in [9.17, 15) is 9.90 Å². The molecule has 198 valence electrons. The van der Waals surface area contributed by atoms with Crippen LogP contribution in [0.1, 0.15) is 56.7 Å². The van der Waals surface area contributed by atoms with Crippen molar-refractivity contribution in [3.8, 4) is 5.82 Å². The number of nitrogens with one attached hydrogen (secondary N) is 2. The van der Waals surface area contributed by atoms with Crippen LogP contribution in [0, 0.1) is 0 Å². The van der Waals surface area contributed by atoms with Gasteiger partial charge in [-0.2, -0.15) is 4.98 Å². The molecule has 1 aliphatic carbocycles. The summed E-state index contributed by atoms with van der Waals surface area (Å²) in [6.45, 7) is 7.40. The van der Waals surface area contributed by atoms with Crippen molar-refractivity contribution in [2.24, 2.45) is 0 Å². The summed E-state index contributed by atoms with van der Waals surface area (Å²) >= 11 is 4.22. The van der Waals surface area contributed by atoms with Gasteiger partial charge in [-0.3, -0.25) is 9.52 Å². The minimum absolute atomic E-state index is 0.242. The van der Waals surface area contributed by atoms with Crippen molar-refractivity contribution >= 4 is 35.5 Å². The summed E-state index contributed by atoms with van der Waals surface area (Å²) < 4.78 is 6.25. The van der Waals surface area contributed by atoms with Crippen LogP contribution in [0.25, 0.3) is 16.9 Å². The van der Waals surface area contributed by atoms with Crippen LogP contribution in [0.15, 0.2) is 66.1 Å². The predicted molar refractivity (Wildman–Crippen MR) is 153 cm³/mol. The lowest BCUT2D eigenvalue weighted by atomic mass is 9.82. The maximum absolute atomic E-state index is 13.2. The third-order valence-corrected chi connectivity index (χ3v) is 7.47. The SMILES string of the molecule is C=CCn1c(=O)c2cnc(Nc3ccc(C4CCC(NS)CC4)cc3)nc2n1-c1cccc(C(C)(C)O)n1. The van der Waals surface area contributed by atoms with Crippen molar-refractivity contribution in [2.75, 3.05) is 5.32 Å². The molecule has 0 unspecified atom stereocenters. The first-order valence-electron chi connectivity index (χ1n) is 12.8. The number of fused-ring (bicyclic) bond motifs is 1. The summed E-state index contributed by atoms with van der Waals surface area (Å²) in [5.41, 5.74) is 1.71. The molecule has 0 saturated heterocycles. The van der Waals surface area contributed by atoms with Gasteiger partial charge in [-0.25, -0.2) is 19.3 Å². The Balaban J connectivity index is 1.47. The van der Waals surface area contributed by atoms with Gasteiger partial charge in [0.25, 0.3) is 5.56 Å². The average Bonchev–Trinajstić information content (AvgIpc) is 3.19. The number of allylic oxidation sites excluding steroid dienone is 1. The van der Waals surface area contributed by atoms with Gasteiger partial charge in [0.1, 0.15) is 11.0 Å². The highest BCUT2D eigenvalue weighted by Gasteiger charge is 2.23. The number of nitrogens with zero attached hydrogens (tertiary/aromatic N) is 5. The second-order valence-electron chi connectivity index (χ2n) is 10.3. The molecule has 4 aromatic rings. The van der Waals surface area contributed by atoms with Crippen LogP contribution in [-0.4, -0.2) is 35.5 Å². The Morgan fingerprint density at radius 3 is 2.53 bits per heavy atom. The largest absolute Gasteiger partial charge is 0.384 e. The zero-order valence-electron chi connectivity index (χ0n) is 21.6. The fourth-order valence-corrected chi connectivity index (χ4v) is 5.27. The van der Waals surface area contributed by atoms with Gasteiger partial charge in [0.2, 0.25) is 5.95 Å². The number of anilines is 2. The first kappa shape index (κ1) is 26.1. The van der Waals surface area contributed by atoms with Crippen molar-refractivity contribution in [3.05, 3.63) is 82.9 Å². The van der Waals surface area contributed by atoms with Gasteiger partial charge in [0.05, 0.1) is 12.2 Å². The van der Waals surface area contributed by atoms with E-state index in [2.05, 4.69) is 51.5 Å². The third kappa shape index (κ3) is 5.24. The van der Waals surface area contributed by atoms with Gasteiger partial charge in [-0.15, -0.1) is 6.58 Å². The lowest BCUT2D eigenvalue weighted by molar-refractivity contribution is 0.0738. The summed E-state index contributed by atoms with van der Waals surface area (Å²) in [6, 6.07) is 14.2. The molecule has 9 nitrogen and oxygen atoms in total. The Bertz CT molecular complexity index is 1500. The molecule has 1 aliphatic rings. The van der Waals surface area contributed by atoms with Crippen LogP contribution in [0.5, 0.6) is 0 Å². The molecule has 10 heteroatoms. The van der Waals surface area contributed by atoms with Gasteiger partial charge in [-0.1, -0.05) is 37.1 Å². The number of rotatable bonds is 8. The Morgan fingerprint density at radius 1 is 1.13 bits per heavy atom. The molecule has 5 rings (SSSR count). The van der Waals surface area contributed by atoms with E-state index in [0.29, 0.717) is 40.5 Å². The smallest absolute Gasteiger partial charge is 0.278 e. The summed E-state index contributed by atoms with van der Waals surface area (Å²) in [7, 11) is 0. The van der Waals surface area contributed by atoms with E-state index in [1.807, 2.05) is 12.1 Å². The molecule has 0 radical (unpaired) electrons. The van der Waals surface area contributed by atoms with Gasteiger partial charge < -0.3 is 10.4 Å². The highest BCUT2D eigenvalue weighted by atomic mass is 32.1. The summed E-state index contributed by atoms with van der Waals surface area (Å²) in [6.07, 6.45) is 7.72. The van der Waals surface area contributed by atoms with Crippen LogP contribution in [0.2, 0.25) is 0 Å². The standard InChI is InChI=1S/C28H33N7O2S/c1-4-16-34-26(36)22-17-29-27(32-25(22)35(34)24-7-5-6-23(31-24)28(2,3)37)30-20-12-8-18(9-13-20)19-10-14-21(33-38)15-11-19/h4-9,12-13,17,19,21,33,37-38H,1,10-11,14-16H2,2-3H3,(H,29,30,32). The Hall–Kier alpha value is -3.47. The van der Waals surface area contributed by atoms with Crippen molar-refractivity contribution < 1.29 is 5.11 Å². The molecule has 3 N–H and O–H groups in total. The normalized spacial score (nSPS) is 18.0. The molecule has 38 heavy (non-hydrogen) atoms. The number of thiol groups is 1. The number of aromatic nitrogens is 5. The maximum atomic E-state index is 13.2. The van der Waals surface area contributed by atoms with E-state index >= 15 is 0 Å². The topological polar surface area (TPSA) is 110 Å². The van der Waals surface area contributed by atoms with Crippen molar-refractivity contribution in [2.45, 2.75) is 63.6 Å². The Morgan fingerprint density at radius 2 is 1.87 bits per heavy atom. The summed E-state index contributed by atoms with van der Waals surface area (Å²) in [4.78, 5) is 26.9. The van der Waals surface area contributed by atoms with Crippen molar-refractivity contribution in [1.82, 2.24) is 29.0 Å². The lowest BCUT2D eigenvalue weighted by Crippen LogP contribution is -2.26. The maximum Gasteiger partial charge on any atom is 0.278 e. The molecule has 0 aliphatic heterocycles. The molecule has 1 aromatic carbocycles. The van der Waals surface area contributed by atoms with E-state index in [1.54, 1.807) is 42.8 Å².